The lowest BCUT2D eigenvalue weighted by Gasteiger charge is -2.31. The summed E-state index contributed by atoms with van der Waals surface area (Å²) in [6.45, 7) is 0. The third-order valence-electron chi connectivity index (χ3n) is 4.34. The Balaban J connectivity index is 1.75. The molecule has 18 heavy (non-hydrogen) atoms. The van der Waals surface area contributed by atoms with Crippen LogP contribution in [0, 0.1) is 0 Å². The summed E-state index contributed by atoms with van der Waals surface area (Å²) in [5.74, 6) is 1.50. The average molecular weight is 244 g/mol. The van der Waals surface area contributed by atoms with Crippen molar-refractivity contribution >= 4 is 11.6 Å². The zero-order chi connectivity index (χ0) is 12.5. The van der Waals surface area contributed by atoms with Gasteiger partial charge in [-0.2, -0.15) is 0 Å². The van der Waals surface area contributed by atoms with Gasteiger partial charge in [0, 0.05) is 31.6 Å². The Labute approximate surface area is 108 Å². The first-order chi connectivity index (χ1) is 8.74. The van der Waals surface area contributed by atoms with Gasteiger partial charge in [0.2, 0.25) is 0 Å². The van der Waals surface area contributed by atoms with Gasteiger partial charge in [0.1, 0.15) is 11.6 Å². The molecule has 0 bridgehead atoms. The van der Waals surface area contributed by atoms with Gasteiger partial charge in [-0.1, -0.05) is 6.07 Å². The lowest BCUT2D eigenvalue weighted by molar-refractivity contribution is -0.120. The van der Waals surface area contributed by atoms with Gasteiger partial charge in [0.15, 0.2) is 0 Å². The number of rotatable bonds is 2. The summed E-state index contributed by atoms with van der Waals surface area (Å²) in [5.41, 5.74) is 2.71. The number of anilines is 1. The molecule has 2 aliphatic carbocycles. The van der Waals surface area contributed by atoms with Gasteiger partial charge in [-0.15, -0.1) is 0 Å². The number of carbonyl (C=O) groups excluding carboxylic acids is 1. The zero-order valence-corrected chi connectivity index (χ0v) is 11.0. The van der Waals surface area contributed by atoms with Gasteiger partial charge in [-0.25, -0.2) is 4.98 Å². The number of nitrogens with zero attached hydrogens (tertiary/aromatic N) is 2. The smallest absolute Gasteiger partial charge is 0.133 e. The first-order valence-corrected chi connectivity index (χ1v) is 6.97. The van der Waals surface area contributed by atoms with E-state index in [1.54, 1.807) is 0 Å². The minimum Gasteiger partial charge on any atom is -0.357 e. The van der Waals surface area contributed by atoms with Gasteiger partial charge >= 0.3 is 0 Å². The molecule has 3 rings (SSSR count). The maximum Gasteiger partial charge on any atom is 0.133 e. The molecular formula is C15H20N2O. The third kappa shape index (κ3) is 2.14. The van der Waals surface area contributed by atoms with Crippen molar-refractivity contribution in [3.63, 3.8) is 0 Å². The molecule has 0 atom stereocenters. The Kier molecular flexibility index (Phi) is 3.06. The van der Waals surface area contributed by atoms with Crippen molar-refractivity contribution in [2.45, 2.75) is 51.0 Å². The van der Waals surface area contributed by atoms with Crippen molar-refractivity contribution in [3.05, 3.63) is 23.4 Å². The summed E-state index contributed by atoms with van der Waals surface area (Å²) in [7, 11) is 2.12. The van der Waals surface area contributed by atoms with Crippen LogP contribution in [0.25, 0.3) is 0 Å². The Morgan fingerprint density at radius 2 is 1.94 bits per heavy atom. The minimum absolute atomic E-state index is 0.418. The van der Waals surface area contributed by atoms with Crippen molar-refractivity contribution in [2.24, 2.45) is 0 Å². The molecule has 0 unspecified atom stereocenters. The van der Waals surface area contributed by atoms with Crippen LogP contribution >= 0.6 is 0 Å². The van der Waals surface area contributed by atoms with E-state index in [-0.39, 0.29) is 0 Å². The van der Waals surface area contributed by atoms with Crippen LogP contribution in [0.3, 0.4) is 0 Å². The summed E-state index contributed by atoms with van der Waals surface area (Å²) < 4.78 is 0. The van der Waals surface area contributed by atoms with Crippen molar-refractivity contribution in [2.75, 3.05) is 11.9 Å². The van der Waals surface area contributed by atoms with Crippen molar-refractivity contribution in [1.82, 2.24) is 4.98 Å². The van der Waals surface area contributed by atoms with Crippen LogP contribution in [0.4, 0.5) is 5.82 Å². The number of hydrogen-bond donors (Lipinski definition) is 0. The Morgan fingerprint density at radius 3 is 2.72 bits per heavy atom. The van der Waals surface area contributed by atoms with E-state index in [9.17, 15) is 4.79 Å². The molecule has 0 aromatic carbocycles. The molecule has 1 aromatic rings. The highest BCUT2D eigenvalue weighted by Crippen LogP contribution is 2.27. The fourth-order valence-electron chi connectivity index (χ4n) is 3.10. The van der Waals surface area contributed by atoms with Crippen LogP contribution in [-0.2, 0) is 17.6 Å². The summed E-state index contributed by atoms with van der Waals surface area (Å²) >= 11 is 0. The number of aromatic nitrogens is 1. The molecule has 96 valence electrons. The van der Waals surface area contributed by atoms with E-state index in [0.29, 0.717) is 11.8 Å². The molecule has 0 aliphatic heterocycles. The second-order valence-electron chi connectivity index (χ2n) is 5.51. The third-order valence-corrected chi connectivity index (χ3v) is 4.34. The number of fused-ring (bicyclic) bond motifs is 1. The van der Waals surface area contributed by atoms with Crippen molar-refractivity contribution in [1.29, 1.82) is 0 Å². The SMILES string of the molecule is CN(c1ccc2c(n1)CCC2)C1CCC(=O)CC1. The monoisotopic (exact) mass is 244 g/mol. The number of aryl methyl sites for hydroxylation is 2. The van der Waals surface area contributed by atoms with Gasteiger partial charge in [-0.3, -0.25) is 4.79 Å². The summed E-state index contributed by atoms with van der Waals surface area (Å²) in [5, 5.41) is 0. The second kappa shape index (κ2) is 4.71. The predicted octanol–water partition coefficient (Wildman–Crippen LogP) is 2.52. The molecule has 1 heterocycles. The van der Waals surface area contributed by atoms with E-state index in [0.717, 1.165) is 37.9 Å². The quantitative estimate of drug-likeness (QED) is 0.801. The molecule has 0 spiro atoms. The number of Topliss-reactive ketones (excluding diaryl/α,β-unsaturated/α-hetero) is 1. The summed E-state index contributed by atoms with van der Waals surface area (Å²) in [4.78, 5) is 18.3. The molecule has 0 amide bonds. The number of hydrogen-bond acceptors (Lipinski definition) is 3. The van der Waals surface area contributed by atoms with Gasteiger partial charge in [0.05, 0.1) is 0 Å². The lowest BCUT2D eigenvalue weighted by Crippen LogP contribution is -2.35. The summed E-state index contributed by atoms with van der Waals surface area (Å²) in [6.07, 6.45) is 6.99. The number of ketones is 1. The normalized spacial score (nSPS) is 19.9. The molecule has 1 fully saturated rings. The maximum absolute atomic E-state index is 11.3. The predicted molar refractivity (Wildman–Crippen MR) is 71.9 cm³/mol. The van der Waals surface area contributed by atoms with Crippen LogP contribution in [0.2, 0.25) is 0 Å². The number of carbonyl (C=O) groups is 1. The molecule has 0 N–H and O–H groups in total. The van der Waals surface area contributed by atoms with Crippen LogP contribution in [0.1, 0.15) is 43.4 Å². The van der Waals surface area contributed by atoms with E-state index in [1.165, 1.54) is 24.1 Å². The van der Waals surface area contributed by atoms with Crippen LogP contribution < -0.4 is 4.90 Å². The first-order valence-electron chi connectivity index (χ1n) is 6.97. The van der Waals surface area contributed by atoms with E-state index in [4.69, 9.17) is 4.98 Å². The van der Waals surface area contributed by atoms with Crippen molar-refractivity contribution in [3.8, 4) is 0 Å². The highest BCUT2D eigenvalue weighted by molar-refractivity contribution is 5.79. The Morgan fingerprint density at radius 1 is 1.17 bits per heavy atom. The summed E-state index contributed by atoms with van der Waals surface area (Å²) in [6, 6.07) is 4.85. The van der Waals surface area contributed by atoms with Crippen LogP contribution in [0.15, 0.2) is 12.1 Å². The first kappa shape index (κ1) is 11.7. The largest absolute Gasteiger partial charge is 0.357 e. The maximum atomic E-state index is 11.3. The molecule has 3 heteroatoms. The fourth-order valence-corrected chi connectivity index (χ4v) is 3.10. The standard InChI is InChI=1S/C15H20N2O/c1-17(12-6-8-13(18)9-7-12)15-10-5-11-3-2-4-14(11)16-15/h5,10,12H,2-4,6-9H2,1H3. The minimum atomic E-state index is 0.418. The highest BCUT2D eigenvalue weighted by Gasteiger charge is 2.23. The van der Waals surface area contributed by atoms with Gasteiger partial charge in [0.25, 0.3) is 0 Å². The van der Waals surface area contributed by atoms with Crippen molar-refractivity contribution < 1.29 is 4.79 Å². The van der Waals surface area contributed by atoms with Crippen LogP contribution in [0.5, 0.6) is 0 Å². The Bertz CT molecular complexity index is 460. The number of pyridine rings is 1. The lowest BCUT2D eigenvalue weighted by atomic mass is 9.93. The molecule has 0 saturated heterocycles. The van der Waals surface area contributed by atoms with E-state index in [2.05, 4.69) is 24.1 Å². The Hall–Kier alpha value is -1.38. The topological polar surface area (TPSA) is 33.2 Å². The van der Waals surface area contributed by atoms with Gasteiger partial charge < -0.3 is 4.90 Å². The zero-order valence-electron chi connectivity index (χ0n) is 11.0. The molecule has 2 aliphatic rings. The molecule has 0 radical (unpaired) electrons. The van der Waals surface area contributed by atoms with E-state index >= 15 is 0 Å². The average Bonchev–Trinajstić information content (AvgIpc) is 2.86. The fraction of sp³-hybridized carbons (Fsp3) is 0.600. The second-order valence-corrected chi connectivity index (χ2v) is 5.51. The highest BCUT2D eigenvalue weighted by atomic mass is 16.1. The van der Waals surface area contributed by atoms with Crippen LogP contribution in [-0.4, -0.2) is 23.9 Å². The van der Waals surface area contributed by atoms with E-state index in [1.807, 2.05) is 0 Å². The molecule has 1 aromatic heterocycles. The molecule has 1 saturated carbocycles. The van der Waals surface area contributed by atoms with Gasteiger partial charge in [-0.05, 0) is 43.7 Å². The molecular weight excluding hydrogens is 224 g/mol. The van der Waals surface area contributed by atoms with E-state index < -0.39 is 0 Å². The molecule has 3 nitrogen and oxygen atoms in total.